The number of amides is 1. The van der Waals surface area contributed by atoms with E-state index in [-0.39, 0.29) is 11.3 Å². The minimum absolute atomic E-state index is 0.0397. The Kier molecular flexibility index (Phi) is 5.60. The number of nitriles is 1. The Morgan fingerprint density at radius 2 is 2.09 bits per heavy atom. The monoisotopic (exact) mass is 419 g/mol. The maximum absolute atomic E-state index is 12.1. The van der Waals surface area contributed by atoms with Crippen LogP contribution in [-0.4, -0.2) is 11.0 Å². The van der Waals surface area contributed by atoms with Gasteiger partial charge in [0.1, 0.15) is 17.4 Å². The van der Waals surface area contributed by atoms with Gasteiger partial charge in [-0.05, 0) is 65.4 Å². The average molecular weight is 419 g/mol. The molecule has 23 heavy (non-hydrogen) atoms. The molecule has 0 fully saturated rings. The summed E-state index contributed by atoms with van der Waals surface area (Å²) in [4.78, 5) is 12.1. The number of aromatic hydroxyl groups is 1. The number of rotatable bonds is 4. The van der Waals surface area contributed by atoms with E-state index >= 15 is 0 Å². The molecule has 0 bridgehead atoms. The molecule has 2 aromatic rings. The van der Waals surface area contributed by atoms with Crippen LogP contribution in [0.4, 0.5) is 11.4 Å². The zero-order valence-corrected chi connectivity index (χ0v) is 14.5. The Morgan fingerprint density at radius 1 is 1.30 bits per heavy atom. The van der Waals surface area contributed by atoms with Crippen LogP contribution < -0.4 is 10.6 Å². The highest BCUT2D eigenvalue weighted by molar-refractivity contribution is 14.1. The quantitative estimate of drug-likeness (QED) is 0.400. The van der Waals surface area contributed by atoms with Crippen LogP contribution in [0.3, 0.4) is 0 Å². The van der Waals surface area contributed by atoms with Gasteiger partial charge in [0.25, 0.3) is 5.91 Å². The van der Waals surface area contributed by atoms with Crippen molar-refractivity contribution < 1.29 is 9.90 Å². The molecule has 2 rings (SSSR count). The first-order valence-corrected chi connectivity index (χ1v) is 7.81. The second kappa shape index (κ2) is 7.65. The van der Waals surface area contributed by atoms with Crippen molar-refractivity contribution in [3.8, 4) is 11.8 Å². The summed E-state index contributed by atoms with van der Waals surface area (Å²) < 4.78 is 1.11. The molecule has 0 aliphatic carbocycles. The molecular formula is C17H14IN3O2. The van der Waals surface area contributed by atoms with E-state index in [9.17, 15) is 9.90 Å². The molecule has 0 saturated carbocycles. The number of benzene rings is 2. The van der Waals surface area contributed by atoms with Gasteiger partial charge in [0.15, 0.2) is 0 Å². The van der Waals surface area contributed by atoms with Crippen molar-refractivity contribution in [3.63, 3.8) is 0 Å². The maximum Gasteiger partial charge on any atom is 0.267 e. The van der Waals surface area contributed by atoms with Gasteiger partial charge in [-0.25, -0.2) is 0 Å². The van der Waals surface area contributed by atoms with Crippen LogP contribution in [0.15, 0.2) is 54.2 Å². The number of phenolic OH excluding ortho intramolecular Hbond substituents is 1. The van der Waals surface area contributed by atoms with E-state index in [4.69, 9.17) is 5.26 Å². The van der Waals surface area contributed by atoms with E-state index in [2.05, 4.69) is 33.2 Å². The fraction of sp³-hybridized carbons (Fsp3) is 0.0588. The number of nitrogens with one attached hydrogen (secondary N) is 2. The van der Waals surface area contributed by atoms with Crippen LogP contribution in [0.1, 0.15) is 5.56 Å². The number of aryl methyl sites for hydroxylation is 1. The predicted octanol–water partition coefficient (Wildman–Crippen LogP) is 3.76. The van der Waals surface area contributed by atoms with Crippen LogP contribution in [0.5, 0.6) is 5.75 Å². The largest absolute Gasteiger partial charge is 0.508 e. The lowest BCUT2D eigenvalue weighted by Gasteiger charge is -2.07. The SMILES string of the molecule is Cc1cc(I)ccc1N/C=C(/C#N)C(=O)Nc1cccc(O)c1. The third kappa shape index (κ3) is 4.72. The van der Waals surface area contributed by atoms with E-state index in [0.29, 0.717) is 5.69 Å². The lowest BCUT2D eigenvalue weighted by molar-refractivity contribution is -0.112. The molecule has 116 valence electrons. The normalized spacial score (nSPS) is 10.7. The molecule has 0 spiro atoms. The van der Waals surface area contributed by atoms with Crippen LogP contribution in [0.25, 0.3) is 0 Å². The maximum atomic E-state index is 12.1. The van der Waals surface area contributed by atoms with E-state index in [0.717, 1.165) is 14.8 Å². The summed E-state index contributed by atoms with van der Waals surface area (Å²) in [7, 11) is 0. The first-order chi connectivity index (χ1) is 11.0. The van der Waals surface area contributed by atoms with Crippen LogP contribution in [-0.2, 0) is 4.79 Å². The first kappa shape index (κ1) is 16.8. The number of anilines is 2. The second-order valence-corrected chi connectivity index (χ2v) is 6.02. The van der Waals surface area contributed by atoms with Crippen LogP contribution in [0.2, 0.25) is 0 Å². The summed E-state index contributed by atoms with van der Waals surface area (Å²) in [5, 5.41) is 24.1. The number of halogens is 1. The zero-order valence-electron chi connectivity index (χ0n) is 12.3. The summed E-state index contributed by atoms with van der Waals surface area (Å²) in [5.41, 5.74) is 2.19. The van der Waals surface area contributed by atoms with Gasteiger partial charge >= 0.3 is 0 Å². The molecule has 0 aliphatic heterocycles. The summed E-state index contributed by atoms with van der Waals surface area (Å²) in [6.45, 7) is 1.94. The molecule has 3 N–H and O–H groups in total. The minimum Gasteiger partial charge on any atom is -0.508 e. The van der Waals surface area contributed by atoms with Gasteiger partial charge in [-0.3, -0.25) is 4.79 Å². The second-order valence-electron chi connectivity index (χ2n) is 4.78. The van der Waals surface area contributed by atoms with Gasteiger partial charge in [0.05, 0.1) is 0 Å². The Labute approximate surface area is 147 Å². The molecule has 5 nitrogen and oxygen atoms in total. The van der Waals surface area contributed by atoms with Crippen molar-refractivity contribution in [1.82, 2.24) is 0 Å². The van der Waals surface area contributed by atoms with Crippen molar-refractivity contribution in [1.29, 1.82) is 5.26 Å². The third-order valence-electron chi connectivity index (χ3n) is 3.03. The highest BCUT2D eigenvalue weighted by atomic mass is 127. The summed E-state index contributed by atoms with van der Waals surface area (Å²) in [6, 6.07) is 13.8. The number of hydrogen-bond acceptors (Lipinski definition) is 4. The molecule has 0 unspecified atom stereocenters. The van der Waals surface area contributed by atoms with Crippen molar-refractivity contribution in [2.75, 3.05) is 10.6 Å². The highest BCUT2D eigenvalue weighted by Crippen LogP contribution is 2.19. The number of nitrogens with zero attached hydrogens (tertiary/aromatic N) is 1. The Hall–Kier alpha value is -2.53. The van der Waals surface area contributed by atoms with Gasteiger partial charge < -0.3 is 15.7 Å². The topological polar surface area (TPSA) is 85.2 Å². The van der Waals surface area contributed by atoms with Crippen LogP contribution >= 0.6 is 22.6 Å². The van der Waals surface area contributed by atoms with Crippen molar-refractivity contribution in [2.45, 2.75) is 6.92 Å². The highest BCUT2D eigenvalue weighted by Gasteiger charge is 2.10. The molecule has 2 aromatic carbocycles. The Bertz CT molecular complexity index is 810. The lowest BCUT2D eigenvalue weighted by Crippen LogP contribution is -2.14. The molecule has 0 atom stereocenters. The Balaban J connectivity index is 2.12. The smallest absolute Gasteiger partial charge is 0.267 e. The summed E-state index contributed by atoms with van der Waals surface area (Å²) in [6.07, 6.45) is 1.37. The average Bonchev–Trinajstić information content (AvgIpc) is 2.49. The van der Waals surface area contributed by atoms with Crippen molar-refractivity contribution in [3.05, 3.63) is 63.4 Å². The van der Waals surface area contributed by atoms with Gasteiger partial charge in [0.2, 0.25) is 0 Å². The van der Waals surface area contributed by atoms with E-state index < -0.39 is 5.91 Å². The molecule has 0 aliphatic rings. The summed E-state index contributed by atoms with van der Waals surface area (Å²) in [5.74, 6) is -0.508. The van der Waals surface area contributed by atoms with E-state index in [1.807, 2.05) is 31.2 Å². The number of phenols is 1. The number of hydrogen-bond donors (Lipinski definition) is 3. The van der Waals surface area contributed by atoms with Crippen molar-refractivity contribution in [2.24, 2.45) is 0 Å². The molecule has 6 heteroatoms. The zero-order chi connectivity index (χ0) is 16.8. The number of carbonyl (C=O) groups is 1. The fourth-order valence-corrected chi connectivity index (χ4v) is 2.52. The Morgan fingerprint density at radius 3 is 2.74 bits per heavy atom. The molecular weight excluding hydrogens is 405 g/mol. The molecule has 0 radical (unpaired) electrons. The molecule has 0 aromatic heterocycles. The fourth-order valence-electron chi connectivity index (χ4n) is 1.87. The van der Waals surface area contributed by atoms with Gasteiger partial charge in [0, 0.05) is 27.2 Å². The summed E-state index contributed by atoms with van der Waals surface area (Å²) >= 11 is 2.22. The molecule has 0 heterocycles. The third-order valence-corrected chi connectivity index (χ3v) is 3.70. The molecule has 0 saturated heterocycles. The van der Waals surface area contributed by atoms with Gasteiger partial charge in [-0.1, -0.05) is 6.07 Å². The lowest BCUT2D eigenvalue weighted by atomic mass is 10.2. The first-order valence-electron chi connectivity index (χ1n) is 6.73. The van der Waals surface area contributed by atoms with E-state index in [1.165, 1.54) is 18.3 Å². The predicted molar refractivity (Wildman–Crippen MR) is 98.0 cm³/mol. The van der Waals surface area contributed by atoms with Crippen LogP contribution in [0, 0.1) is 21.8 Å². The van der Waals surface area contributed by atoms with Gasteiger partial charge in [-0.15, -0.1) is 0 Å². The van der Waals surface area contributed by atoms with Crippen molar-refractivity contribution >= 4 is 39.9 Å². The van der Waals surface area contributed by atoms with Gasteiger partial charge in [-0.2, -0.15) is 5.26 Å². The standard InChI is InChI=1S/C17H14IN3O2/c1-11-7-13(18)5-6-16(11)20-10-12(9-19)17(23)21-14-3-2-4-15(22)8-14/h2-8,10,20,22H,1H3,(H,21,23)/b12-10-. The molecule has 1 amide bonds. The van der Waals surface area contributed by atoms with E-state index in [1.54, 1.807) is 12.1 Å². The minimum atomic E-state index is -0.547. The number of carbonyl (C=O) groups excluding carboxylic acids is 1.